The van der Waals surface area contributed by atoms with Crippen molar-refractivity contribution in [1.82, 2.24) is 4.57 Å². The van der Waals surface area contributed by atoms with Crippen LogP contribution in [0.4, 0.5) is 17.1 Å². The van der Waals surface area contributed by atoms with E-state index in [-0.39, 0.29) is 18.0 Å². The van der Waals surface area contributed by atoms with Crippen LogP contribution in [0.1, 0.15) is 17.4 Å². The monoisotopic (exact) mass is 399 g/mol. The summed E-state index contributed by atoms with van der Waals surface area (Å²) in [5, 5.41) is 15.3. The van der Waals surface area contributed by atoms with Crippen LogP contribution in [0.5, 0.6) is 11.5 Å². The van der Waals surface area contributed by atoms with Gasteiger partial charge in [-0.2, -0.15) is 0 Å². The predicted molar refractivity (Wildman–Crippen MR) is 108 cm³/mol. The van der Waals surface area contributed by atoms with Crippen LogP contribution in [-0.4, -0.2) is 36.3 Å². The summed E-state index contributed by atoms with van der Waals surface area (Å²) in [5.74, 6) is 0.630. The molecule has 9 nitrogen and oxygen atoms in total. The Balaban J connectivity index is 2.16. The van der Waals surface area contributed by atoms with Gasteiger partial charge in [-0.3, -0.25) is 10.1 Å². The molecule has 152 valence electrons. The molecule has 0 fully saturated rings. The SMILES string of the molecule is CCOC(=O)c1cc2c(Nc3cc(OC)cc(OC)c3)ccc([N+](=O)[O-])c2n1C. The van der Waals surface area contributed by atoms with E-state index in [0.717, 1.165) is 0 Å². The van der Waals surface area contributed by atoms with Crippen LogP contribution in [0.2, 0.25) is 0 Å². The Hall–Kier alpha value is -3.75. The average Bonchev–Trinajstić information content (AvgIpc) is 3.06. The average molecular weight is 399 g/mol. The van der Waals surface area contributed by atoms with E-state index in [1.165, 1.54) is 10.6 Å². The first-order valence-electron chi connectivity index (χ1n) is 8.83. The van der Waals surface area contributed by atoms with Gasteiger partial charge in [0, 0.05) is 48.1 Å². The van der Waals surface area contributed by atoms with Crippen molar-refractivity contribution in [3.8, 4) is 11.5 Å². The van der Waals surface area contributed by atoms with E-state index < -0.39 is 10.9 Å². The molecule has 3 aromatic rings. The molecule has 2 aromatic carbocycles. The van der Waals surface area contributed by atoms with Gasteiger partial charge in [-0.05, 0) is 19.1 Å². The van der Waals surface area contributed by atoms with Crippen LogP contribution in [0, 0.1) is 10.1 Å². The molecule has 0 saturated heterocycles. The molecule has 0 radical (unpaired) electrons. The number of ether oxygens (including phenoxy) is 3. The fraction of sp³-hybridized carbons (Fsp3) is 0.250. The van der Waals surface area contributed by atoms with Crippen LogP contribution in [0.15, 0.2) is 36.4 Å². The molecule has 29 heavy (non-hydrogen) atoms. The van der Waals surface area contributed by atoms with Gasteiger partial charge in [-0.25, -0.2) is 4.79 Å². The fourth-order valence-corrected chi connectivity index (χ4v) is 3.14. The molecule has 0 bridgehead atoms. The van der Waals surface area contributed by atoms with Crippen molar-refractivity contribution in [3.05, 3.63) is 52.2 Å². The summed E-state index contributed by atoms with van der Waals surface area (Å²) in [6.45, 7) is 1.91. The first-order valence-corrected chi connectivity index (χ1v) is 8.83. The van der Waals surface area contributed by atoms with Crippen molar-refractivity contribution in [1.29, 1.82) is 0 Å². The maximum atomic E-state index is 12.3. The fourth-order valence-electron chi connectivity index (χ4n) is 3.14. The lowest BCUT2D eigenvalue weighted by atomic mass is 10.1. The lowest BCUT2D eigenvalue weighted by Crippen LogP contribution is -2.09. The molecule has 0 amide bonds. The summed E-state index contributed by atoms with van der Waals surface area (Å²) >= 11 is 0. The van der Waals surface area contributed by atoms with E-state index in [2.05, 4.69) is 5.32 Å². The number of hydrogen-bond donors (Lipinski definition) is 1. The molecule has 3 rings (SSSR count). The highest BCUT2D eigenvalue weighted by Crippen LogP contribution is 2.36. The molecule has 1 N–H and O–H groups in total. The second-order valence-corrected chi connectivity index (χ2v) is 6.19. The Morgan fingerprint density at radius 2 is 1.79 bits per heavy atom. The summed E-state index contributed by atoms with van der Waals surface area (Å²) in [6, 6.07) is 9.85. The van der Waals surface area contributed by atoms with Crippen LogP contribution >= 0.6 is 0 Å². The number of carbonyl (C=O) groups is 1. The number of esters is 1. The summed E-state index contributed by atoms with van der Waals surface area (Å²) in [5.41, 5.74) is 1.69. The molecule has 0 unspecified atom stereocenters. The van der Waals surface area contributed by atoms with Gasteiger partial charge >= 0.3 is 5.97 Å². The number of benzene rings is 2. The number of nitro benzene ring substituents is 1. The van der Waals surface area contributed by atoms with Crippen molar-refractivity contribution in [2.75, 3.05) is 26.1 Å². The van der Waals surface area contributed by atoms with Gasteiger partial charge in [0.15, 0.2) is 0 Å². The molecule has 0 saturated carbocycles. The third-order valence-corrected chi connectivity index (χ3v) is 4.49. The van der Waals surface area contributed by atoms with E-state index in [1.807, 2.05) is 0 Å². The molecular weight excluding hydrogens is 378 g/mol. The number of rotatable bonds is 7. The Morgan fingerprint density at radius 3 is 2.34 bits per heavy atom. The van der Waals surface area contributed by atoms with Gasteiger partial charge < -0.3 is 24.1 Å². The van der Waals surface area contributed by atoms with Crippen molar-refractivity contribution >= 4 is 33.9 Å². The molecular formula is C20H21N3O6. The lowest BCUT2D eigenvalue weighted by Gasteiger charge is -2.12. The second kappa shape index (κ2) is 8.09. The minimum absolute atomic E-state index is 0.105. The summed E-state index contributed by atoms with van der Waals surface area (Å²) < 4.78 is 17.1. The second-order valence-electron chi connectivity index (χ2n) is 6.19. The van der Waals surface area contributed by atoms with E-state index in [1.54, 1.807) is 58.5 Å². The van der Waals surface area contributed by atoms with Gasteiger partial charge in [-0.15, -0.1) is 0 Å². The van der Waals surface area contributed by atoms with E-state index in [4.69, 9.17) is 14.2 Å². The molecule has 0 aliphatic heterocycles. The molecule has 1 heterocycles. The topological polar surface area (TPSA) is 105 Å². The largest absolute Gasteiger partial charge is 0.497 e. The van der Waals surface area contributed by atoms with Gasteiger partial charge in [0.05, 0.1) is 25.7 Å². The molecule has 1 aromatic heterocycles. The molecule has 0 aliphatic carbocycles. The number of nitrogens with one attached hydrogen (secondary N) is 1. The number of non-ortho nitro benzene ring substituents is 1. The van der Waals surface area contributed by atoms with Crippen molar-refractivity contribution in [2.24, 2.45) is 7.05 Å². The predicted octanol–water partition coefficient (Wildman–Crippen LogP) is 4.02. The van der Waals surface area contributed by atoms with Crippen molar-refractivity contribution < 1.29 is 23.9 Å². The molecule has 0 aliphatic rings. The number of anilines is 2. The molecule has 9 heteroatoms. The minimum Gasteiger partial charge on any atom is -0.497 e. The highest BCUT2D eigenvalue weighted by Gasteiger charge is 2.23. The summed E-state index contributed by atoms with van der Waals surface area (Å²) in [6.07, 6.45) is 0. The zero-order valence-electron chi connectivity index (χ0n) is 16.5. The number of methoxy groups -OCH3 is 2. The number of hydrogen-bond acceptors (Lipinski definition) is 7. The third-order valence-electron chi connectivity index (χ3n) is 4.49. The number of aromatic nitrogens is 1. The van der Waals surface area contributed by atoms with Crippen molar-refractivity contribution in [2.45, 2.75) is 6.92 Å². The Kier molecular flexibility index (Phi) is 5.58. The van der Waals surface area contributed by atoms with Gasteiger partial charge in [0.2, 0.25) is 0 Å². The number of fused-ring (bicyclic) bond motifs is 1. The zero-order chi connectivity index (χ0) is 21.1. The zero-order valence-corrected chi connectivity index (χ0v) is 16.5. The first-order chi connectivity index (χ1) is 13.9. The van der Waals surface area contributed by atoms with Crippen molar-refractivity contribution in [3.63, 3.8) is 0 Å². The number of nitrogens with zero attached hydrogens (tertiary/aromatic N) is 2. The van der Waals surface area contributed by atoms with E-state index in [0.29, 0.717) is 33.8 Å². The maximum Gasteiger partial charge on any atom is 0.354 e. The van der Waals surface area contributed by atoms with E-state index >= 15 is 0 Å². The summed E-state index contributed by atoms with van der Waals surface area (Å²) in [7, 11) is 4.69. The Morgan fingerprint density at radius 1 is 1.14 bits per heavy atom. The first kappa shape index (κ1) is 20.0. The normalized spacial score (nSPS) is 10.6. The minimum atomic E-state index is -0.547. The van der Waals surface area contributed by atoms with Gasteiger partial charge in [0.25, 0.3) is 5.69 Å². The number of nitro groups is 1. The third kappa shape index (κ3) is 3.79. The molecule has 0 spiro atoms. The summed E-state index contributed by atoms with van der Waals surface area (Å²) in [4.78, 5) is 23.3. The van der Waals surface area contributed by atoms with Crippen LogP contribution in [0.3, 0.4) is 0 Å². The van der Waals surface area contributed by atoms with E-state index in [9.17, 15) is 14.9 Å². The van der Waals surface area contributed by atoms with Crippen LogP contribution < -0.4 is 14.8 Å². The highest BCUT2D eigenvalue weighted by atomic mass is 16.6. The lowest BCUT2D eigenvalue weighted by molar-refractivity contribution is -0.383. The maximum absolute atomic E-state index is 12.3. The number of carbonyl (C=O) groups excluding carboxylic acids is 1. The van der Waals surface area contributed by atoms with Gasteiger partial charge in [-0.1, -0.05) is 0 Å². The van der Waals surface area contributed by atoms with Crippen LogP contribution in [-0.2, 0) is 11.8 Å². The number of aryl methyl sites for hydroxylation is 1. The Labute approximate surface area is 166 Å². The van der Waals surface area contributed by atoms with Gasteiger partial charge in [0.1, 0.15) is 22.7 Å². The quantitative estimate of drug-likeness (QED) is 0.363. The highest BCUT2D eigenvalue weighted by molar-refractivity contribution is 6.04. The molecule has 0 atom stereocenters. The Bertz CT molecular complexity index is 1070. The standard InChI is InChI=1S/C20H21N3O6/c1-5-29-20(24)18-11-15-16(6-7-17(23(25)26)19(15)22(18)2)21-12-8-13(27-3)10-14(9-12)28-4/h6-11,21H,5H2,1-4H3. The smallest absolute Gasteiger partial charge is 0.354 e. The van der Waals surface area contributed by atoms with Crippen LogP contribution in [0.25, 0.3) is 10.9 Å².